The largest absolute Gasteiger partial charge is 0.383 e. The van der Waals surface area contributed by atoms with E-state index in [9.17, 15) is 0 Å². The number of anilines is 1. The molecule has 0 atom stereocenters. The summed E-state index contributed by atoms with van der Waals surface area (Å²) < 4.78 is 0. The van der Waals surface area contributed by atoms with Gasteiger partial charge >= 0.3 is 0 Å². The first-order valence-corrected chi connectivity index (χ1v) is 9.97. The average Bonchev–Trinajstić information content (AvgIpc) is 3.17. The Bertz CT molecular complexity index is 1030. The number of hydrogen-bond acceptors (Lipinski definition) is 5. The Kier molecular flexibility index (Phi) is 5.63. The molecule has 1 aromatic carbocycles. The van der Waals surface area contributed by atoms with Crippen molar-refractivity contribution in [2.75, 3.05) is 18.4 Å². The molecule has 0 amide bonds. The lowest BCUT2D eigenvalue weighted by atomic mass is 10.2. The van der Waals surface area contributed by atoms with Gasteiger partial charge < -0.3 is 10.6 Å². The number of fused-ring (bicyclic) bond motifs is 1. The normalized spacial score (nSPS) is 11.0. The fourth-order valence-electron chi connectivity index (χ4n) is 2.92. The van der Waals surface area contributed by atoms with E-state index in [-0.39, 0.29) is 0 Å². The summed E-state index contributed by atoms with van der Waals surface area (Å²) in [5.41, 5.74) is 3.20. The molecule has 0 unspecified atom stereocenters. The Morgan fingerprint density at radius 1 is 0.926 bits per heavy atom. The minimum Gasteiger partial charge on any atom is -0.383 e. The first-order chi connectivity index (χ1) is 13.3. The fraction of sp³-hybridized carbons (Fsp3) is 0.143. The van der Waals surface area contributed by atoms with Crippen molar-refractivity contribution >= 4 is 39.5 Å². The molecule has 3 aromatic heterocycles. The maximum atomic E-state index is 6.04. The molecule has 3 heterocycles. The second kappa shape index (κ2) is 8.48. The van der Waals surface area contributed by atoms with E-state index in [0.717, 1.165) is 36.2 Å². The zero-order valence-corrected chi connectivity index (χ0v) is 16.2. The van der Waals surface area contributed by atoms with Crippen LogP contribution in [0, 0.1) is 0 Å². The van der Waals surface area contributed by atoms with E-state index in [1.165, 1.54) is 15.3 Å². The molecule has 0 aliphatic heterocycles. The van der Waals surface area contributed by atoms with Crippen LogP contribution in [0.25, 0.3) is 21.3 Å². The second-order valence-electron chi connectivity index (χ2n) is 6.13. The first-order valence-electron chi connectivity index (χ1n) is 8.77. The van der Waals surface area contributed by atoms with Gasteiger partial charge in [0.25, 0.3) is 0 Å². The number of aromatic nitrogens is 2. The zero-order valence-electron chi connectivity index (χ0n) is 14.7. The summed E-state index contributed by atoms with van der Waals surface area (Å²) in [5.74, 6) is 0. The van der Waals surface area contributed by atoms with Gasteiger partial charge in [-0.15, -0.1) is 11.3 Å². The van der Waals surface area contributed by atoms with E-state index in [2.05, 4.69) is 32.7 Å². The standard InChI is InChI=1S/C21H19ClN4S/c22-16-1-3-18-19(7-10-25-20(18)13-16)26-12-11-24-14-17-2-4-21(27-17)15-5-8-23-9-6-15/h1-10,13,24H,11-12,14H2,(H,25,26). The summed E-state index contributed by atoms with van der Waals surface area (Å²) >= 11 is 7.86. The minimum absolute atomic E-state index is 0.705. The topological polar surface area (TPSA) is 49.8 Å². The minimum atomic E-state index is 0.705. The van der Waals surface area contributed by atoms with Crippen molar-refractivity contribution in [3.8, 4) is 10.4 Å². The van der Waals surface area contributed by atoms with Crippen molar-refractivity contribution in [1.29, 1.82) is 0 Å². The Morgan fingerprint density at radius 3 is 2.70 bits per heavy atom. The molecule has 27 heavy (non-hydrogen) atoms. The van der Waals surface area contributed by atoms with E-state index in [1.807, 2.05) is 60.1 Å². The van der Waals surface area contributed by atoms with Crippen molar-refractivity contribution in [3.63, 3.8) is 0 Å². The SMILES string of the molecule is Clc1ccc2c(NCCNCc3ccc(-c4ccncc4)s3)ccnc2c1. The van der Waals surface area contributed by atoms with Crippen LogP contribution in [0.15, 0.2) is 67.1 Å². The van der Waals surface area contributed by atoms with Crippen molar-refractivity contribution in [1.82, 2.24) is 15.3 Å². The van der Waals surface area contributed by atoms with E-state index in [4.69, 9.17) is 11.6 Å². The van der Waals surface area contributed by atoms with Crippen LogP contribution in [-0.2, 0) is 6.54 Å². The molecule has 0 aliphatic rings. The number of pyridine rings is 2. The fourth-order valence-corrected chi connectivity index (χ4v) is 4.07. The quantitative estimate of drug-likeness (QED) is 0.422. The van der Waals surface area contributed by atoms with Crippen LogP contribution in [0.5, 0.6) is 0 Å². The van der Waals surface area contributed by atoms with Gasteiger partial charge in [0.15, 0.2) is 0 Å². The summed E-state index contributed by atoms with van der Waals surface area (Å²) in [4.78, 5) is 11.0. The highest BCUT2D eigenvalue weighted by atomic mass is 35.5. The van der Waals surface area contributed by atoms with Crippen LogP contribution < -0.4 is 10.6 Å². The highest BCUT2D eigenvalue weighted by Crippen LogP contribution is 2.27. The van der Waals surface area contributed by atoms with Crippen LogP contribution in [0.1, 0.15) is 4.88 Å². The molecule has 2 N–H and O–H groups in total. The van der Waals surface area contributed by atoms with Gasteiger partial charge in [-0.25, -0.2) is 0 Å². The molecule has 0 saturated heterocycles. The van der Waals surface area contributed by atoms with Crippen molar-refractivity contribution in [2.45, 2.75) is 6.54 Å². The molecule has 4 aromatic rings. The monoisotopic (exact) mass is 394 g/mol. The third kappa shape index (κ3) is 4.45. The van der Waals surface area contributed by atoms with E-state index in [1.54, 1.807) is 6.20 Å². The van der Waals surface area contributed by atoms with E-state index < -0.39 is 0 Å². The Hall–Kier alpha value is -2.47. The molecule has 0 spiro atoms. The van der Waals surface area contributed by atoms with Crippen molar-refractivity contribution < 1.29 is 0 Å². The maximum absolute atomic E-state index is 6.04. The summed E-state index contributed by atoms with van der Waals surface area (Å²) in [6, 6.07) is 16.2. The third-order valence-electron chi connectivity index (χ3n) is 4.25. The van der Waals surface area contributed by atoms with Gasteiger partial charge in [-0.05, 0) is 54.1 Å². The van der Waals surface area contributed by atoms with Crippen molar-refractivity contribution in [3.05, 3.63) is 77.0 Å². The molecule has 0 fully saturated rings. The van der Waals surface area contributed by atoms with Crippen LogP contribution >= 0.6 is 22.9 Å². The third-order valence-corrected chi connectivity index (χ3v) is 5.62. The van der Waals surface area contributed by atoms with Gasteiger partial charge in [0.2, 0.25) is 0 Å². The predicted molar refractivity (Wildman–Crippen MR) is 114 cm³/mol. The van der Waals surface area contributed by atoms with E-state index in [0.29, 0.717) is 5.02 Å². The molecule has 0 saturated carbocycles. The molecular weight excluding hydrogens is 376 g/mol. The summed E-state index contributed by atoms with van der Waals surface area (Å²) in [7, 11) is 0. The van der Waals surface area contributed by atoms with Gasteiger partial charge in [0, 0.05) is 64.1 Å². The predicted octanol–water partition coefficient (Wildman–Crippen LogP) is 5.21. The zero-order chi connectivity index (χ0) is 18.5. The molecule has 136 valence electrons. The number of hydrogen-bond donors (Lipinski definition) is 2. The van der Waals surface area contributed by atoms with Gasteiger partial charge in [0.05, 0.1) is 5.52 Å². The Balaban J connectivity index is 1.28. The van der Waals surface area contributed by atoms with Gasteiger partial charge in [-0.1, -0.05) is 11.6 Å². The molecule has 6 heteroatoms. The Morgan fingerprint density at radius 2 is 1.81 bits per heavy atom. The average molecular weight is 395 g/mol. The highest BCUT2D eigenvalue weighted by molar-refractivity contribution is 7.15. The summed E-state index contributed by atoms with van der Waals surface area (Å²) in [6.07, 6.45) is 5.46. The lowest BCUT2D eigenvalue weighted by Gasteiger charge is -2.10. The summed E-state index contributed by atoms with van der Waals surface area (Å²) in [5, 5.41) is 8.76. The Labute approximate surface area is 167 Å². The highest BCUT2D eigenvalue weighted by Gasteiger charge is 2.04. The van der Waals surface area contributed by atoms with Crippen molar-refractivity contribution in [2.24, 2.45) is 0 Å². The maximum Gasteiger partial charge on any atom is 0.0737 e. The molecule has 0 bridgehead atoms. The number of thiophene rings is 1. The number of benzene rings is 1. The number of nitrogens with one attached hydrogen (secondary N) is 2. The van der Waals surface area contributed by atoms with Crippen LogP contribution in [0.3, 0.4) is 0 Å². The van der Waals surface area contributed by atoms with Crippen LogP contribution in [0.4, 0.5) is 5.69 Å². The second-order valence-corrected chi connectivity index (χ2v) is 7.73. The number of nitrogens with zero attached hydrogens (tertiary/aromatic N) is 2. The molecular formula is C21H19ClN4S. The molecule has 0 radical (unpaired) electrons. The van der Waals surface area contributed by atoms with Crippen LogP contribution in [-0.4, -0.2) is 23.1 Å². The number of halogens is 1. The lowest BCUT2D eigenvalue weighted by Crippen LogP contribution is -2.21. The number of rotatable bonds is 7. The van der Waals surface area contributed by atoms with Crippen LogP contribution in [0.2, 0.25) is 5.02 Å². The van der Waals surface area contributed by atoms with Gasteiger partial charge in [-0.2, -0.15) is 0 Å². The first kappa shape index (κ1) is 17.9. The van der Waals surface area contributed by atoms with Gasteiger partial charge in [-0.3, -0.25) is 9.97 Å². The van der Waals surface area contributed by atoms with E-state index >= 15 is 0 Å². The molecule has 4 rings (SSSR count). The lowest BCUT2D eigenvalue weighted by molar-refractivity contribution is 0.714. The summed E-state index contributed by atoms with van der Waals surface area (Å²) in [6.45, 7) is 2.58. The van der Waals surface area contributed by atoms with Gasteiger partial charge in [0.1, 0.15) is 0 Å². The smallest absolute Gasteiger partial charge is 0.0737 e. The molecule has 4 nitrogen and oxygen atoms in total. The molecule has 0 aliphatic carbocycles.